The molecule has 0 amide bonds. The van der Waals surface area contributed by atoms with E-state index in [4.69, 9.17) is 4.74 Å². The number of imidazole rings is 1. The highest BCUT2D eigenvalue weighted by atomic mass is 16.5. The van der Waals surface area contributed by atoms with Gasteiger partial charge in [0.1, 0.15) is 11.6 Å². The van der Waals surface area contributed by atoms with Crippen LogP contribution in [0.5, 0.6) is 11.6 Å². The van der Waals surface area contributed by atoms with Gasteiger partial charge in [-0.1, -0.05) is 26.0 Å². The Bertz CT molecular complexity index is 515. The number of nitrogens with one attached hydrogen (secondary N) is 1. The molecule has 0 atom stereocenters. The molecule has 2 rings (SSSR count). The molecule has 0 spiro atoms. The number of hydrogen-bond acceptors (Lipinski definition) is 3. The number of aromatic amines is 1. The summed E-state index contributed by atoms with van der Waals surface area (Å²) in [6.45, 7) is 4.04. The minimum absolute atomic E-state index is 0.105. The monoisotopic (exact) mass is 246 g/mol. The van der Waals surface area contributed by atoms with Gasteiger partial charge in [-0.2, -0.15) is 4.98 Å². The second-order valence-corrected chi connectivity index (χ2v) is 4.60. The summed E-state index contributed by atoms with van der Waals surface area (Å²) < 4.78 is 5.11. The lowest BCUT2D eigenvalue weighted by atomic mass is 10.1. The maximum Gasteiger partial charge on any atom is 0.232 e. The van der Waals surface area contributed by atoms with Gasteiger partial charge in [0.2, 0.25) is 5.88 Å². The molecule has 0 aliphatic carbocycles. The van der Waals surface area contributed by atoms with Crippen molar-refractivity contribution in [3.63, 3.8) is 0 Å². The summed E-state index contributed by atoms with van der Waals surface area (Å²) in [5.41, 5.74) is 1.92. The Balaban J connectivity index is 2.15. The Kier molecular flexibility index (Phi) is 3.55. The highest BCUT2D eigenvalue weighted by Gasteiger charge is 2.12. The van der Waals surface area contributed by atoms with Crippen LogP contribution in [0.1, 0.15) is 36.8 Å². The summed E-state index contributed by atoms with van der Waals surface area (Å²) in [7, 11) is 1.65. The van der Waals surface area contributed by atoms with E-state index in [1.165, 1.54) is 0 Å². The molecule has 1 aromatic heterocycles. The number of methoxy groups -OCH3 is 1. The maximum atomic E-state index is 9.70. The van der Waals surface area contributed by atoms with Crippen molar-refractivity contribution in [3.05, 3.63) is 41.3 Å². The fraction of sp³-hybridized carbons (Fsp3) is 0.357. The number of aromatic hydroxyl groups is 1. The minimum Gasteiger partial charge on any atom is -0.497 e. The molecule has 1 heterocycles. The van der Waals surface area contributed by atoms with E-state index in [1.807, 2.05) is 38.1 Å². The molecular weight excluding hydrogens is 228 g/mol. The van der Waals surface area contributed by atoms with Crippen LogP contribution in [0.3, 0.4) is 0 Å². The average Bonchev–Trinajstić information content (AvgIpc) is 2.71. The molecule has 18 heavy (non-hydrogen) atoms. The highest BCUT2D eigenvalue weighted by Crippen LogP contribution is 2.23. The van der Waals surface area contributed by atoms with Gasteiger partial charge in [-0.3, -0.25) is 0 Å². The second kappa shape index (κ2) is 5.12. The van der Waals surface area contributed by atoms with Gasteiger partial charge in [0.15, 0.2) is 0 Å². The first-order chi connectivity index (χ1) is 8.60. The van der Waals surface area contributed by atoms with E-state index in [1.54, 1.807) is 7.11 Å². The van der Waals surface area contributed by atoms with Crippen LogP contribution >= 0.6 is 0 Å². The molecule has 1 aromatic carbocycles. The first kappa shape index (κ1) is 12.5. The molecule has 2 aromatic rings. The van der Waals surface area contributed by atoms with Gasteiger partial charge in [0.05, 0.1) is 12.8 Å². The third-order valence-corrected chi connectivity index (χ3v) is 2.87. The van der Waals surface area contributed by atoms with Crippen LogP contribution in [0.4, 0.5) is 0 Å². The van der Waals surface area contributed by atoms with Gasteiger partial charge in [0.25, 0.3) is 0 Å². The number of H-pyrrole nitrogens is 1. The van der Waals surface area contributed by atoms with E-state index in [9.17, 15) is 5.11 Å². The summed E-state index contributed by atoms with van der Waals surface area (Å²) in [6, 6.07) is 7.82. The number of hydrogen-bond donors (Lipinski definition) is 2. The second-order valence-electron chi connectivity index (χ2n) is 4.60. The van der Waals surface area contributed by atoms with Gasteiger partial charge in [-0.15, -0.1) is 0 Å². The lowest BCUT2D eigenvalue weighted by molar-refractivity contribution is 0.414. The maximum absolute atomic E-state index is 9.70. The zero-order valence-corrected chi connectivity index (χ0v) is 10.9. The van der Waals surface area contributed by atoms with Crippen LogP contribution in [0.25, 0.3) is 0 Å². The molecular formula is C14H18N2O2. The number of ether oxygens (including phenoxy) is 1. The van der Waals surface area contributed by atoms with Gasteiger partial charge in [-0.25, -0.2) is 0 Å². The summed E-state index contributed by atoms with van der Waals surface area (Å²) in [4.78, 5) is 7.30. The SMILES string of the molecule is COc1ccc(Cc2nc(O)c(C(C)C)[nH]2)cc1. The fourth-order valence-corrected chi connectivity index (χ4v) is 1.85. The largest absolute Gasteiger partial charge is 0.497 e. The predicted molar refractivity (Wildman–Crippen MR) is 70.1 cm³/mol. The van der Waals surface area contributed by atoms with Gasteiger partial charge in [0, 0.05) is 6.42 Å². The predicted octanol–water partition coefficient (Wildman–Crippen LogP) is 2.84. The van der Waals surface area contributed by atoms with Crippen LogP contribution < -0.4 is 4.74 Å². The molecule has 0 saturated heterocycles. The first-order valence-electron chi connectivity index (χ1n) is 6.01. The average molecular weight is 246 g/mol. The van der Waals surface area contributed by atoms with Crippen molar-refractivity contribution in [1.82, 2.24) is 9.97 Å². The lowest BCUT2D eigenvalue weighted by Crippen LogP contribution is -1.92. The topological polar surface area (TPSA) is 58.1 Å². The molecule has 4 nitrogen and oxygen atoms in total. The number of nitrogens with zero attached hydrogens (tertiary/aromatic N) is 1. The van der Waals surface area contributed by atoms with Crippen LogP contribution in [0.15, 0.2) is 24.3 Å². The van der Waals surface area contributed by atoms with Crippen molar-refractivity contribution in [3.8, 4) is 11.6 Å². The molecule has 0 bridgehead atoms. The van der Waals surface area contributed by atoms with E-state index in [0.29, 0.717) is 6.42 Å². The number of rotatable bonds is 4. The van der Waals surface area contributed by atoms with Crippen molar-refractivity contribution >= 4 is 0 Å². The van der Waals surface area contributed by atoms with Gasteiger partial charge >= 0.3 is 0 Å². The Morgan fingerprint density at radius 3 is 2.44 bits per heavy atom. The molecule has 0 fully saturated rings. The van der Waals surface area contributed by atoms with Crippen LogP contribution in [0.2, 0.25) is 0 Å². The van der Waals surface area contributed by atoms with Crippen LogP contribution in [-0.2, 0) is 6.42 Å². The Morgan fingerprint density at radius 2 is 1.94 bits per heavy atom. The summed E-state index contributed by atoms with van der Waals surface area (Å²) in [5.74, 6) is 1.96. The molecule has 0 aliphatic heterocycles. The van der Waals surface area contributed by atoms with Crippen molar-refractivity contribution in [2.75, 3.05) is 7.11 Å². The lowest BCUT2D eigenvalue weighted by Gasteiger charge is -2.02. The zero-order valence-electron chi connectivity index (χ0n) is 10.9. The highest BCUT2D eigenvalue weighted by molar-refractivity contribution is 5.30. The van der Waals surface area contributed by atoms with Crippen molar-refractivity contribution in [2.24, 2.45) is 0 Å². The molecule has 2 N–H and O–H groups in total. The third kappa shape index (κ3) is 2.64. The minimum atomic E-state index is 0.105. The van der Waals surface area contributed by atoms with Crippen LogP contribution in [0, 0.1) is 0 Å². The van der Waals surface area contributed by atoms with Gasteiger partial charge in [-0.05, 0) is 23.6 Å². The third-order valence-electron chi connectivity index (χ3n) is 2.87. The fourth-order valence-electron chi connectivity index (χ4n) is 1.85. The molecule has 4 heteroatoms. The van der Waals surface area contributed by atoms with Crippen molar-refractivity contribution in [1.29, 1.82) is 0 Å². The number of benzene rings is 1. The van der Waals surface area contributed by atoms with Crippen LogP contribution in [-0.4, -0.2) is 22.2 Å². The molecule has 0 aliphatic rings. The molecule has 0 saturated carbocycles. The van der Waals surface area contributed by atoms with E-state index in [-0.39, 0.29) is 11.8 Å². The van der Waals surface area contributed by atoms with E-state index < -0.39 is 0 Å². The Morgan fingerprint density at radius 1 is 1.28 bits per heavy atom. The zero-order chi connectivity index (χ0) is 13.1. The van der Waals surface area contributed by atoms with Gasteiger partial charge < -0.3 is 14.8 Å². The Labute approximate surface area is 107 Å². The smallest absolute Gasteiger partial charge is 0.232 e. The quantitative estimate of drug-likeness (QED) is 0.872. The van der Waals surface area contributed by atoms with E-state index in [2.05, 4.69) is 9.97 Å². The summed E-state index contributed by atoms with van der Waals surface area (Å²) >= 11 is 0. The molecule has 0 radical (unpaired) electrons. The summed E-state index contributed by atoms with van der Waals surface area (Å²) in [5, 5.41) is 9.70. The molecule has 0 unspecified atom stereocenters. The van der Waals surface area contributed by atoms with Crippen molar-refractivity contribution < 1.29 is 9.84 Å². The molecule has 96 valence electrons. The first-order valence-corrected chi connectivity index (χ1v) is 6.01. The standard InChI is InChI=1S/C14H18N2O2/c1-9(2)13-14(17)16-12(15-13)8-10-4-6-11(18-3)7-5-10/h4-7,9,17H,8H2,1-3H3,(H,15,16). The van der Waals surface area contributed by atoms with E-state index in [0.717, 1.165) is 22.8 Å². The summed E-state index contributed by atoms with van der Waals surface area (Å²) in [6.07, 6.45) is 0.671. The normalized spacial score (nSPS) is 10.9. The Hall–Kier alpha value is -1.97. The van der Waals surface area contributed by atoms with E-state index >= 15 is 0 Å². The van der Waals surface area contributed by atoms with Crippen molar-refractivity contribution in [2.45, 2.75) is 26.2 Å². The number of aromatic nitrogens is 2.